The molecule has 0 N–H and O–H groups in total. The van der Waals surface area contributed by atoms with E-state index in [1.807, 2.05) is 6.21 Å². The number of rotatable bonds is 5. The van der Waals surface area contributed by atoms with Crippen molar-refractivity contribution in [2.75, 3.05) is 26.2 Å². The van der Waals surface area contributed by atoms with E-state index in [4.69, 9.17) is 4.74 Å². The molecule has 15 heavy (non-hydrogen) atoms. The van der Waals surface area contributed by atoms with Gasteiger partial charge in [0.15, 0.2) is 0 Å². The fraction of sp³-hybridized carbons (Fsp3) is 0.917. The fourth-order valence-electron chi connectivity index (χ4n) is 1.85. The predicted molar refractivity (Wildman–Crippen MR) is 64.3 cm³/mol. The van der Waals surface area contributed by atoms with E-state index in [1.54, 1.807) is 0 Å². The maximum Gasteiger partial charge on any atom is 0.113 e. The van der Waals surface area contributed by atoms with Crippen molar-refractivity contribution in [2.45, 2.75) is 33.9 Å². The Kier molecular flexibility index (Phi) is 5.26. The molecule has 1 rings (SSSR count). The zero-order valence-electron chi connectivity index (χ0n) is 10.4. The van der Waals surface area contributed by atoms with Crippen molar-refractivity contribution in [1.82, 2.24) is 4.90 Å². The normalized spacial score (nSPS) is 23.7. The zero-order valence-corrected chi connectivity index (χ0v) is 10.4. The summed E-state index contributed by atoms with van der Waals surface area (Å²) in [6.07, 6.45) is 2.33. The minimum absolute atomic E-state index is 0.305. The van der Waals surface area contributed by atoms with E-state index in [2.05, 4.69) is 37.6 Å². The summed E-state index contributed by atoms with van der Waals surface area (Å²) < 4.78 is 5.68. The average molecular weight is 212 g/mol. The van der Waals surface area contributed by atoms with Gasteiger partial charge in [0.2, 0.25) is 0 Å². The van der Waals surface area contributed by atoms with E-state index in [-0.39, 0.29) is 0 Å². The van der Waals surface area contributed by atoms with E-state index in [1.165, 1.54) is 0 Å². The number of hydrogen-bond acceptors (Lipinski definition) is 3. The van der Waals surface area contributed by atoms with Crippen LogP contribution >= 0.6 is 0 Å². The van der Waals surface area contributed by atoms with E-state index < -0.39 is 0 Å². The van der Waals surface area contributed by atoms with Gasteiger partial charge in [-0.25, -0.2) is 0 Å². The Bertz CT molecular complexity index is 202. The molecule has 0 radical (unpaired) electrons. The van der Waals surface area contributed by atoms with Crippen LogP contribution in [0.25, 0.3) is 0 Å². The van der Waals surface area contributed by atoms with E-state index in [9.17, 15) is 0 Å². The van der Waals surface area contributed by atoms with Crippen LogP contribution in [0, 0.1) is 11.8 Å². The standard InChI is InChI=1S/C12H24N2O/c1-10(2)9-13-5-6-14-7-8-15-12(14)11(3)4/h9-12H,5-8H2,1-4H3. The molecule has 3 heteroatoms. The number of nitrogens with zero attached hydrogens (tertiary/aromatic N) is 2. The summed E-state index contributed by atoms with van der Waals surface area (Å²) in [5.74, 6) is 1.13. The van der Waals surface area contributed by atoms with E-state index in [0.717, 1.165) is 26.2 Å². The molecule has 0 aromatic heterocycles. The molecule has 1 atom stereocenters. The lowest BCUT2D eigenvalue weighted by molar-refractivity contribution is -0.000280. The van der Waals surface area contributed by atoms with Crippen molar-refractivity contribution >= 4 is 6.21 Å². The van der Waals surface area contributed by atoms with Crippen molar-refractivity contribution in [1.29, 1.82) is 0 Å². The molecular weight excluding hydrogens is 188 g/mol. The Labute approximate surface area is 93.5 Å². The van der Waals surface area contributed by atoms with Crippen molar-refractivity contribution in [2.24, 2.45) is 16.8 Å². The molecule has 0 aliphatic carbocycles. The molecular formula is C12H24N2O. The second-order valence-electron chi connectivity index (χ2n) is 4.84. The van der Waals surface area contributed by atoms with Gasteiger partial charge in [-0.1, -0.05) is 27.7 Å². The summed E-state index contributed by atoms with van der Waals surface area (Å²) in [6.45, 7) is 12.6. The van der Waals surface area contributed by atoms with Gasteiger partial charge in [0.05, 0.1) is 13.2 Å². The number of hydrogen-bond donors (Lipinski definition) is 0. The van der Waals surface area contributed by atoms with Crippen LogP contribution in [-0.2, 0) is 4.74 Å². The largest absolute Gasteiger partial charge is 0.362 e. The third-order valence-corrected chi connectivity index (χ3v) is 2.52. The van der Waals surface area contributed by atoms with Crippen LogP contribution < -0.4 is 0 Å². The lowest BCUT2D eigenvalue weighted by atomic mass is 10.2. The zero-order chi connectivity index (χ0) is 11.3. The smallest absolute Gasteiger partial charge is 0.113 e. The molecule has 0 aromatic rings. The summed E-state index contributed by atoms with van der Waals surface area (Å²) in [4.78, 5) is 6.80. The average Bonchev–Trinajstić information content (AvgIpc) is 2.60. The molecule has 0 spiro atoms. The van der Waals surface area contributed by atoms with Crippen molar-refractivity contribution in [3.8, 4) is 0 Å². The predicted octanol–water partition coefficient (Wildman–Crippen LogP) is 2.03. The van der Waals surface area contributed by atoms with E-state index >= 15 is 0 Å². The van der Waals surface area contributed by atoms with Gasteiger partial charge in [0.1, 0.15) is 6.23 Å². The van der Waals surface area contributed by atoms with Crippen LogP contribution in [0.1, 0.15) is 27.7 Å². The maximum absolute atomic E-state index is 5.68. The van der Waals surface area contributed by atoms with Crippen molar-refractivity contribution in [3.05, 3.63) is 0 Å². The lowest BCUT2D eigenvalue weighted by Crippen LogP contribution is -2.36. The topological polar surface area (TPSA) is 24.8 Å². The van der Waals surface area contributed by atoms with Crippen LogP contribution in [0.5, 0.6) is 0 Å². The molecule has 0 amide bonds. The molecule has 0 saturated carbocycles. The Morgan fingerprint density at radius 3 is 2.73 bits per heavy atom. The summed E-state index contributed by atoms with van der Waals surface area (Å²) in [5, 5.41) is 0. The Morgan fingerprint density at radius 2 is 2.13 bits per heavy atom. The first-order valence-corrected chi connectivity index (χ1v) is 5.97. The minimum Gasteiger partial charge on any atom is -0.362 e. The van der Waals surface area contributed by atoms with E-state index in [0.29, 0.717) is 18.1 Å². The Balaban J connectivity index is 2.26. The summed E-state index contributed by atoms with van der Waals surface area (Å²) >= 11 is 0. The third kappa shape index (κ3) is 4.31. The summed E-state index contributed by atoms with van der Waals surface area (Å²) in [5.41, 5.74) is 0. The molecule has 1 aliphatic rings. The molecule has 0 aromatic carbocycles. The lowest BCUT2D eigenvalue weighted by Gasteiger charge is -2.25. The highest BCUT2D eigenvalue weighted by Gasteiger charge is 2.26. The van der Waals surface area contributed by atoms with Crippen LogP contribution in [0.4, 0.5) is 0 Å². The van der Waals surface area contributed by atoms with Crippen LogP contribution in [0.2, 0.25) is 0 Å². The first-order valence-electron chi connectivity index (χ1n) is 5.97. The minimum atomic E-state index is 0.305. The molecule has 1 unspecified atom stereocenters. The Morgan fingerprint density at radius 1 is 1.40 bits per heavy atom. The number of aliphatic imine (C=N–C) groups is 1. The molecule has 3 nitrogen and oxygen atoms in total. The third-order valence-electron chi connectivity index (χ3n) is 2.52. The van der Waals surface area contributed by atoms with Crippen molar-refractivity contribution in [3.63, 3.8) is 0 Å². The summed E-state index contributed by atoms with van der Waals surface area (Å²) in [6, 6.07) is 0. The highest BCUT2D eigenvalue weighted by Crippen LogP contribution is 2.17. The van der Waals surface area contributed by atoms with Gasteiger partial charge in [0, 0.05) is 19.3 Å². The monoisotopic (exact) mass is 212 g/mol. The van der Waals surface area contributed by atoms with Gasteiger partial charge in [-0.15, -0.1) is 0 Å². The molecule has 1 heterocycles. The highest BCUT2D eigenvalue weighted by molar-refractivity contribution is 5.59. The molecule has 1 fully saturated rings. The van der Waals surface area contributed by atoms with Gasteiger partial charge in [-0.3, -0.25) is 9.89 Å². The van der Waals surface area contributed by atoms with Gasteiger partial charge in [-0.2, -0.15) is 0 Å². The quantitative estimate of drug-likeness (QED) is 0.651. The SMILES string of the molecule is CC(C)C=NCCN1CCOC1C(C)C. The summed E-state index contributed by atoms with van der Waals surface area (Å²) in [7, 11) is 0. The fourth-order valence-corrected chi connectivity index (χ4v) is 1.85. The van der Waals surface area contributed by atoms with Gasteiger partial charge < -0.3 is 4.74 Å². The first kappa shape index (κ1) is 12.7. The van der Waals surface area contributed by atoms with Gasteiger partial charge in [0.25, 0.3) is 0 Å². The number of ether oxygens (including phenoxy) is 1. The van der Waals surface area contributed by atoms with Gasteiger partial charge >= 0.3 is 0 Å². The second kappa shape index (κ2) is 6.23. The Hall–Kier alpha value is -0.410. The maximum atomic E-state index is 5.68. The van der Waals surface area contributed by atoms with Crippen LogP contribution in [0.15, 0.2) is 4.99 Å². The highest BCUT2D eigenvalue weighted by atomic mass is 16.5. The van der Waals surface area contributed by atoms with Crippen LogP contribution in [-0.4, -0.2) is 43.6 Å². The van der Waals surface area contributed by atoms with Crippen molar-refractivity contribution < 1.29 is 4.74 Å². The molecule has 88 valence electrons. The molecule has 1 aliphatic heterocycles. The van der Waals surface area contributed by atoms with Crippen LogP contribution in [0.3, 0.4) is 0 Å². The molecule has 0 bridgehead atoms. The molecule has 1 saturated heterocycles. The first-order chi connectivity index (χ1) is 7.11. The van der Waals surface area contributed by atoms with Gasteiger partial charge in [-0.05, 0) is 11.8 Å². The second-order valence-corrected chi connectivity index (χ2v) is 4.84.